The Labute approximate surface area is 259 Å². The molecule has 2 fully saturated rings. The lowest BCUT2D eigenvalue weighted by molar-refractivity contribution is -0.134. The molecule has 1 aromatic rings. The van der Waals surface area contributed by atoms with Gasteiger partial charge in [0.05, 0.1) is 37.8 Å². The minimum Gasteiger partial charge on any atom is -0.497 e. The first-order valence-electron chi connectivity index (χ1n) is 15.2. The number of ketones is 1. The third-order valence-electron chi connectivity index (χ3n) is 8.39. The summed E-state index contributed by atoms with van der Waals surface area (Å²) in [6.07, 6.45) is 6.60. The fraction of sp³-hybridized carbons (Fsp3) is 0.613. The lowest BCUT2D eigenvalue weighted by Crippen LogP contribution is -2.57. The van der Waals surface area contributed by atoms with Gasteiger partial charge in [0.1, 0.15) is 23.4 Å². The molecule has 4 atom stereocenters. The fourth-order valence-electron chi connectivity index (χ4n) is 5.42. The minimum absolute atomic E-state index is 0.00940. The molecule has 12 nitrogen and oxygen atoms in total. The highest BCUT2D eigenvalue weighted by atomic mass is 32.2. The van der Waals surface area contributed by atoms with Gasteiger partial charge >= 0.3 is 0 Å². The van der Waals surface area contributed by atoms with Gasteiger partial charge in [0.2, 0.25) is 17.7 Å². The molecule has 3 N–H and O–H groups in total. The molecular weight excluding hydrogens is 588 g/mol. The number of hydrogen-bond acceptors (Lipinski definition) is 9. The number of sulfone groups is 1. The number of nitrogens with zero attached hydrogens (tertiary/aromatic N) is 1. The third-order valence-corrected chi connectivity index (χ3v) is 10.00. The number of carbonyl (C=O) groups is 4. The molecule has 4 rings (SSSR count). The van der Waals surface area contributed by atoms with Gasteiger partial charge in [0.25, 0.3) is 0 Å². The largest absolute Gasteiger partial charge is 0.497 e. The monoisotopic (exact) mass is 632 g/mol. The van der Waals surface area contributed by atoms with Crippen molar-refractivity contribution in [3.63, 3.8) is 0 Å². The van der Waals surface area contributed by atoms with Crippen molar-refractivity contribution in [3.8, 4) is 5.75 Å². The number of Topliss-reactive ketones (excluding diaryl/α,β-unsaturated/α-hetero) is 1. The van der Waals surface area contributed by atoms with Gasteiger partial charge in [0.15, 0.2) is 15.6 Å². The average Bonchev–Trinajstić information content (AvgIpc) is 3.76. The second-order valence-corrected chi connectivity index (χ2v) is 14.4. The Kier molecular flexibility index (Phi) is 11.2. The zero-order valence-electron chi connectivity index (χ0n) is 25.7. The van der Waals surface area contributed by atoms with Gasteiger partial charge in [-0.05, 0) is 63.6 Å². The topological polar surface area (TPSA) is 164 Å². The maximum atomic E-state index is 13.8. The van der Waals surface area contributed by atoms with Crippen LogP contribution in [-0.4, -0.2) is 105 Å². The number of carbonyl (C=O) groups excluding carboxylic acids is 4. The fourth-order valence-corrected chi connectivity index (χ4v) is 6.70. The van der Waals surface area contributed by atoms with Crippen LogP contribution in [0.15, 0.2) is 35.9 Å². The molecule has 44 heavy (non-hydrogen) atoms. The zero-order chi connectivity index (χ0) is 31.9. The SMILES string of the molecule is COc1ccc(C[C@H](NC(=O)[C@H](C)NC(=O)CN2CCS(=O)(=O)CC2)C(=O)N[C@@H](CC2=CCCCC2)C(=O)[C@@]2(C)CO2)cc1. The lowest BCUT2D eigenvalue weighted by Gasteiger charge is -2.27. The minimum atomic E-state index is -3.08. The lowest BCUT2D eigenvalue weighted by atomic mass is 9.89. The molecule has 13 heteroatoms. The summed E-state index contributed by atoms with van der Waals surface area (Å²) in [6.45, 7) is 4.00. The van der Waals surface area contributed by atoms with Crippen LogP contribution in [0, 0.1) is 0 Å². The number of ether oxygens (including phenoxy) is 2. The van der Waals surface area contributed by atoms with E-state index in [0.29, 0.717) is 18.8 Å². The van der Waals surface area contributed by atoms with Gasteiger partial charge in [-0.1, -0.05) is 23.8 Å². The molecule has 242 valence electrons. The van der Waals surface area contributed by atoms with Crippen LogP contribution in [0.4, 0.5) is 0 Å². The quantitative estimate of drug-likeness (QED) is 0.198. The van der Waals surface area contributed by atoms with E-state index in [9.17, 15) is 27.6 Å². The van der Waals surface area contributed by atoms with Crippen molar-refractivity contribution in [1.29, 1.82) is 0 Å². The summed E-state index contributed by atoms with van der Waals surface area (Å²) in [5, 5.41) is 8.32. The van der Waals surface area contributed by atoms with Crippen molar-refractivity contribution in [3.05, 3.63) is 41.5 Å². The van der Waals surface area contributed by atoms with Gasteiger partial charge in [-0.2, -0.15) is 0 Å². The van der Waals surface area contributed by atoms with E-state index in [1.54, 1.807) is 43.2 Å². The predicted octanol–water partition coefficient (Wildman–Crippen LogP) is 0.691. The number of allylic oxidation sites excluding steroid dienone is 1. The first-order valence-corrected chi connectivity index (χ1v) is 17.0. The predicted molar refractivity (Wildman–Crippen MR) is 164 cm³/mol. The van der Waals surface area contributed by atoms with E-state index in [2.05, 4.69) is 22.0 Å². The van der Waals surface area contributed by atoms with Crippen LogP contribution in [0.1, 0.15) is 51.5 Å². The molecule has 0 aromatic heterocycles. The van der Waals surface area contributed by atoms with E-state index in [1.807, 2.05) is 0 Å². The molecule has 3 aliphatic rings. The van der Waals surface area contributed by atoms with E-state index in [4.69, 9.17) is 9.47 Å². The zero-order valence-corrected chi connectivity index (χ0v) is 26.5. The Hall–Kier alpha value is -3.29. The number of methoxy groups -OCH3 is 1. The molecule has 0 spiro atoms. The second kappa shape index (κ2) is 14.7. The smallest absolute Gasteiger partial charge is 0.243 e. The van der Waals surface area contributed by atoms with E-state index in [-0.39, 0.29) is 43.3 Å². The summed E-state index contributed by atoms with van der Waals surface area (Å²) in [6, 6.07) is 4.30. The summed E-state index contributed by atoms with van der Waals surface area (Å²) in [5.74, 6) is -1.07. The summed E-state index contributed by atoms with van der Waals surface area (Å²) in [4.78, 5) is 54.8. The molecule has 1 aliphatic carbocycles. The van der Waals surface area contributed by atoms with Crippen LogP contribution in [0.5, 0.6) is 5.75 Å². The normalized spacial score (nSPS) is 23.3. The molecule has 0 bridgehead atoms. The van der Waals surface area contributed by atoms with Crippen LogP contribution in [0.2, 0.25) is 0 Å². The molecule has 0 unspecified atom stereocenters. The first kappa shape index (κ1) is 33.6. The summed E-state index contributed by atoms with van der Waals surface area (Å²) in [5.41, 5.74) is 0.954. The Morgan fingerprint density at radius 3 is 2.23 bits per heavy atom. The molecule has 1 aromatic carbocycles. The maximum absolute atomic E-state index is 13.8. The summed E-state index contributed by atoms with van der Waals surface area (Å²) < 4.78 is 34.0. The number of nitrogens with one attached hydrogen (secondary N) is 3. The number of benzene rings is 1. The van der Waals surface area contributed by atoms with Crippen molar-refractivity contribution >= 4 is 33.3 Å². The van der Waals surface area contributed by atoms with Crippen molar-refractivity contribution in [1.82, 2.24) is 20.9 Å². The van der Waals surface area contributed by atoms with Crippen LogP contribution in [-0.2, 0) is 40.2 Å². The molecule has 2 aliphatic heterocycles. The Morgan fingerprint density at radius 2 is 1.64 bits per heavy atom. The molecular formula is C31H44N4O8S. The highest BCUT2D eigenvalue weighted by Gasteiger charge is 2.50. The Bertz CT molecular complexity index is 1340. The van der Waals surface area contributed by atoms with E-state index >= 15 is 0 Å². The third kappa shape index (κ3) is 9.60. The Morgan fingerprint density at radius 1 is 0.977 bits per heavy atom. The summed E-state index contributed by atoms with van der Waals surface area (Å²) in [7, 11) is -1.53. The second-order valence-electron chi connectivity index (χ2n) is 12.1. The van der Waals surface area contributed by atoms with Crippen molar-refractivity contribution in [2.45, 2.75) is 76.1 Å². The Balaban J connectivity index is 1.44. The van der Waals surface area contributed by atoms with Gasteiger partial charge < -0.3 is 25.4 Å². The number of epoxide rings is 1. The molecule has 2 saturated heterocycles. The van der Waals surface area contributed by atoms with E-state index < -0.39 is 51.3 Å². The number of rotatable bonds is 14. The summed E-state index contributed by atoms with van der Waals surface area (Å²) >= 11 is 0. The molecule has 0 saturated carbocycles. The first-order chi connectivity index (χ1) is 20.9. The van der Waals surface area contributed by atoms with Gasteiger partial charge in [-0.25, -0.2) is 8.42 Å². The number of amides is 3. The highest BCUT2D eigenvalue weighted by Crippen LogP contribution is 2.31. The molecule has 3 amide bonds. The van der Waals surface area contributed by atoms with Gasteiger partial charge in [-0.15, -0.1) is 0 Å². The van der Waals surface area contributed by atoms with Crippen molar-refractivity contribution < 1.29 is 37.1 Å². The maximum Gasteiger partial charge on any atom is 0.243 e. The average molecular weight is 633 g/mol. The van der Waals surface area contributed by atoms with E-state index in [0.717, 1.165) is 36.8 Å². The van der Waals surface area contributed by atoms with Crippen LogP contribution in [0.25, 0.3) is 0 Å². The van der Waals surface area contributed by atoms with E-state index in [1.165, 1.54) is 6.92 Å². The van der Waals surface area contributed by atoms with Crippen molar-refractivity contribution in [2.75, 3.05) is 44.9 Å². The van der Waals surface area contributed by atoms with Crippen molar-refractivity contribution in [2.24, 2.45) is 0 Å². The highest BCUT2D eigenvalue weighted by molar-refractivity contribution is 7.91. The van der Waals surface area contributed by atoms with Gasteiger partial charge in [0, 0.05) is 19.5 Å². The number of hydrogen-bond donors (Lipinski definition) is 3. The molecule has 0 radical (unpaired) electrons. The van der Waals surface area contributed by atoms with Crippen LogP contribution < -0.4 is 20.7 Å². The standard InChI is InChI=1S/C31H44N4O8S/c1-21(32-27(36)19-35-13-15-44(40,41)16-14-35)29(38)34-26(18-23-9-11-24(42-3)12-10-23)30(39)33-25(28(37)31(2)20-43-31)17-22-7-5-4-6-8-22/h7,9-12,21,25-26H,4-6,8,13-20H2,1-3H3,(H,32,36)(H,33,39)(H,34,38)/t21-,25-,26-,31+/m0/s1. The van der Waals surface area contributed by atoms with Crippen LogP contribution in [0.3, 0.4) is 0 Å². The molecule has 2 heterocycles. The van der Waals surface area contributed by atoms with Gasteiger partial charge in [-0.3, -0.25) is 24.1 Å². The van der Waals surface area contributed by atoms with Crippen LogP contribution >= 0.6 is 0 Å².